The van der Waals surface area contributed by atoms with Crippen molar-refractivity contribution in [2.45, 2.75) is 18.9 Å². The SMILES string of the molecule is CN1CCC(n2cc3c(=O)[nH]c4ccnn4c3cc2=O)CC1. The van der Waals surface area contributed by atoms with Gasteiger partial charge in [-0.1, -0.05) is 0 Å². The van der Waals surface area contributed by atoms with Gasteiger partial charge < -0.3 is 14.5 Å². The van der Waals surface area contributed by atoms with Gasteiger partial charge in [0.25, 0.3) is 11.1 Å². The maximum absolute atomic E-state index is 12.5. The van der Waals surface area contributed by atoms with E-state index in [0.717, 1.165) is 25.9 Å². The number of aromatic amines is 1. The third-order valence-electron chi connectivity index (χ3n) is 4.50. The molecule has 3 aromatic rings. The summed E-state index contributed by atoms with van der Waals surface area (Å²) >= 11 is 0. The van der Waals surface area contributed by atoms with Crippen molar-refractivity contribution in [1.29, 1.82) is 0 Å². The van der Waals surface area contributed by atoms with Crippen molar-refractivity contribution in [2.24, 2.45) is 0 Å². The van der Waals surface area contributed by atoms with Crippen LogP contribution in [-0.2, 0) is 0 Å². The quantitative estimate of drug-likeness (QED) is 0.714. The Kier molecular flexibility index (Phi) is 2.90. The first-order chi connectivity index (χ1) is 10.6. The minimum Gasteiger partial charge on any atom is -0.311 e. The van der Waals surface area contributed by atoms with Gasteiger partial charge in [-0.2, -0.15) is 5.10 Å². The van der Waals surface area contributed by atoms with Crippen LogP contribution in [0.5, 0.6) is 0 Å². The van der Waals surface area contributed by atoms with Crippen LogP contribution in [0.4, 0.5) is 0 Å². The maximum Gasteiger partial charge on any atom is 0.260 e. The van der Waals surface area contributed by atoms with Crippen LogP contribution in [0.15, 0.2) is 34.1 Å². The van der Waals surface area contributed by atoms with Crippen LogP contribution >= 0.6 is 0 Å². The minimum absolute atomic E-state index is 0.0792. The summed E-state index contributed by atoms with van der Waals surface area (Å²) in [6, 6.07) is 3.38. The van der Waals surface area contributed by atoms with E-state index in [9.17, 15) is 9.59 Å². The topological polar surface area (TPSA) is 75.4 Å². The summed E-state index contributed by atoms with van der Waals surface area (Å²) in [6.45, 7) is 1.92. The van der Waals surface area contributed by atoms with Crippen LogP contribution in [0, 0.1) is 0 Å². The number of rotatable bonds is 1. The molecule has 4 rings (SSSR count). The number of likely N-dealkylation sites (tertiary alicyclic amines) is 1. The number of nitrogens with zero attached hydrogens (tertiary/aromatic N) is 4. The lowest BCUT2D eigenvalue weighted by Crippen LogP contribution is -2.35. The summed E-state index contributed by atoms with van der Waals surface area (Å²) < 4.78 is 3.30. The van der Waals surface area contributed by atoms with Crippen LogP contribution in [0.3, 0.4) is 0 Å². The van der Waals surface area contributed by atoms with E-state index in [1.807, 2.05) is 0 Å². The molecule has 0 aliphatic carbocycles. The molecule has 1 fully saturated rings. The summed E-state index contributed by atoms with van der Waals surface area (Å²) in [5.41, 5.74) is 0.876. The van der Waals surface area contributed by atoms with Crippen molar-refractivity contribution >= 4 is 16.6 Å². The second-order valence-electron chi connectivity index (χ2n) is 5.93. The Balaban J connectivity index is 1.93. The van der Waals surface area contributed by atoms with Gasteiger partial charge in [-0.15, -0.1) is 0 Å². The molecule has 7 nitrogen and oxygen atoms in total. The van der Waals surface area contributed by atoms with Crippen molar-refractivity contribution in [3.63, 3.8) is 0 Å². The monoisotopic (exact) mass is 299 g/mol. The van der Waals surface area contributed by atoms with Crippen LogP contribution in [0.2, 0.25) is 0 Å². The molecular weight excluding hydrogens is 282 g/mol. The van der Waals surface area contributed by atoms with Gasteiger partial charge >= 0.3 is 0 Å². The minimum atomic E-state index is -0.190. The molecule has 0 bridgehead atoms. The molecule has 22 heavy (non-hydrogen) atoms. The molecular formula is C15H17N5O2. The lowest BCUT2D eigenvalue weighted by molar-refractivity contribution is 0.219. The lowest BCUT2D eigenvalue weighted by atomic mass is 10.1. The van der Waals surface area contributed by atoms with Gasteiger partial charge in [0.15, 0.2) is 0 Å². The van der Waals surface area contributed by atoms with Gasteiger partial charge in [-0.3, -0.25) is 9.59 Å². The van der Waals surface area contributed by atoms with E-state index in [0.29, 0.717) is 16.6 Å². The van der Waals surface area contributed by atoms with Crippen molar-refractivity contribution in [3.8, 4) is 0 Å². The summed E-state index contributed by atoms with van der Waals surface area (Å²) in [7, 11) is 2.08. The Morgan fingerprint density at radius 2 is 2.05 bits per heavy atom. The Morgan fingerprint density at radius 1 is 1.27 bits per heavy atom. The first-order valence-electron chi connectivity index (χ1n) is 7.44. The fraction of sp³-hybridized carbons (Fsp3) is 0.400. The van der Waals surface area contributed by atoms with E-state index in [1.54, 1.807) is 27.5 Å². The Hall–Kier alpha value is -2.41. The highest BCUT2D eigenvalue weighted by atomic mass is 16.1. The molecule has 0 saturated carbocycles. The maximum atomic E-state index is 12.5. The molecule has 1 saturated heterocycles. The molecule has 3 aromatic heterocycles. The van der Waals surface area contributed by atoms with E-state index in [1.165, 1.54) is 6.07 Å². The zero-order valence-corrected chi connectivity index (χ0v) is 12.3. The summed E-state index contributed by atoms with van der Waals surface area (Å²) in [4.78, 5) is 29.8. The third-order valence-corrected chi connectivity index (χ3v) is 4.50. The van der Waals surface area contributed by atoms with Gasteiger partial charge in [0, 0.05) is 24.4 Å². The molecule has 1 aliphatic rings. The highest BCUT2D eigenvalue weighted by molar-refractivity contribution is 5.78. The first-order valence-corrected chi connectivity index (χ1v) is 7.44. The summed E-state index contributed by atoms with van der Waals surface area (Å²) in [5.74, 6) is 0. The predicted molar refractivity (Wildman–Crippen MR) is 83.3 cm³/mol. The molecule has 0 spiro atoms. The van der Waals surface area contributed by atoms with Crippen molar-refractivity contribution in [3.05, 3.63) is 45.2 Å². The van der Waals surface area contributed by atoms with E-state index >= 15 is 0 Å². The van der Waals surface area contributed by atoms with E-state index in [2.05, 4.69) is 22.0 Å². The number of fused-ring (bicyclic) bond motifs is 3. The molecule has 7 heteroatoms. The highest BCUT2D eigenvalue weighted by Gasteiger charge is 2.20. The van der Waals surface area contributed by atoms with Crippen molar-refractivity contribution in [2.75, 3.05) is 20.1 Å². The van der Waals surface area contributed by atoms with Crippen molar-refractivity contribution in [1.82, 2.24) is 24.1 Å². The fourth-order valence-corrected chi connectivity index (χ4v) is 3.22. The second-order valence-corrected chi connectivity index (χ2v) is 5.93. The highest BCUT2D eigenvalue weighted by Crippen LogP contribution is 2.21. The summed E-state index contributed by atoms with van der Waals surface area (Å²) in [6.07, 6.45) is 5.13. The number of pyridine rings is 1. The summed E-state index contributed by atoms with van der Waals surface area (Å²) in [5, 5.41) is 4.67. The molecule has 1 aliphatic heterocycles. The Morgan fingerprint density at radius 3 is 2.82 bits per heavy atom. The molecule has 0 radical (unpaired) electrons. The van der Waals surface area contributed by atoms with Crippen LogP contribution in [-0.4, -0.2) is 44.2 Å². The van der Waals surface area contributed by atoms with Crippen LogP contribution < -0.4 is 11.1 Å². The van der Waals surface area contributed by atoms with Gasteiger partial charge in [0.05, 0.1) is 17.1 Å². The average Bonchev–Trinajstić information content (AvgIpc) is 2.96. The van der Waals surface area contributed by atoms with E-state index < -0.39 is 0 Å². The van der Waals surface area contributed by atoms with Crippen LogP contribution in [0.1, 0.15) is 18.9 Å². The molecule has 4 heterocycles. The normalized spacial score (nSPS) is 17.5. The molecule has 1 N–H and O–H groups in total. The molecule has 0 amide bonds. The third kappa shape index (κ3) is 1.97. The largest absolute Gasteiger partial charge is 0.311 e. The van der Waals surface area contributed by atoms with Crippen molar-refractivity contribution < 1.29 is 0 Å². The molecule has 0 unspecified atom stereocenters. The molecule has 0 atom stereocenters. The standard InChI is InChI=1S/C15H17N5O2/c1-18-6-3-10(4-7-18)19-9-11-12(8-14(19)21)20-13(2-5-16-20)17-15(11)22/h2,5,8-10H,3-4,6-7H2,1H3,(H,17,22). The number of aromatic nitrogens is 4. The van der Waals surface area contributed by atoms with Gasteiger partial charge in [0.2, 0.25) is 0 Å². The van der Waals surface area contributed by atoms with E-state index in [-0.39, 0.29) is 17.2 Å². The number of hydrogen-bond acceptors (Lipinski definition) is 4. The zero-order chi connectivity index (χ0) is 15.3. The second kappa shape index (κ2) is 4.81. The zero-order valence-electron chi connectivity index (χ0n) is 12.3. The van der Waals surface area contributed by atoms with E-state index in [4.69, 9.17) is 0 Å². The van der Waals surface area contributed by atoms with Gasteiger partial charge in [-0.05, 0) is 33.0 Å². The van der Waals surface area contributed by atoms with Gasteiger partial charge in [0.1, 0.15) is 5.65 Å². The number of piperidine rings is 1. The molecule has 0 aromatic carbocycles. The van der Waals surface area contributed by atoms with Gasteiger partial charge in [-0.25, -0.2) is 4.52 Å². The first kappa shape index (κ1) is 13.3. The lowest BCUT2D eigenvalue weighted by Gasteiger charge is -2.30. The number of nitrogens with one attached hydrogen (secondary N) is 1. The molecule has 114 valence electrons. The number of H-pyrrole nitrogens is 1. The Bertz CT molecular complexity index is 959. The van der Waals surface area contributed by atoms with Crippen LogP contribution in [0.25, 0.3) is 16.6 Å². The smallest absolute Gasteiger partial charge is 0.260 e. The fourth-order valence-electron chi connectivity index (χ4n) is 3.22. The predicted octanol–water partition coefficient (Wildman–Crippen LogP) is 0.604. The Labute approximate surface area is 125 Å². The average molecular weight is 299 g/mol. The number of hydrogen-bond donors (Lipinski definition) is 1.